The highest BCUT2D eigenvalue weighted by molar-refractivity contribution is 7.17. The van der Waals surface area contributed by atoms with Crippen molar-refractivity contribution >= 4 is 44.7 Å². The van der Waals surface area contributed by atoms with E-state index in [-0.39, 0.29) is 29.8 Å². The summed E-state index contributed by atoms with van der Waals surface area (Å²) >= 11 is 2.65. The maximum Gasteiger partial charge on any atom is 0.268 e. The van der Waals surface area contributed by atoms with Gasteiger partial charge in [-0.05, 0) is 28.8 Å². The fourth-order valence-electron chi connectivity index (χ4n) is 2.67. The van der Waals surface area contributed by atoms with Crippen molar-refractivity contribution < 1.29 is 9.59 Å². The normalized spacial score (nSPS) is 12.3. The lowest BCUT2D eigenvalue weighted by molar-refractivity contribution is -0.133. The van der Waals surface area contributed by atoms with Gasteiger partial charge in [0.2, 0.25) is 5.91 Å². The molecule has 0 bridgehead atoms. The third kappa shape index (κ3) is 4.25. The largest absolute Gasteiger partial charge is 0.339 e. The number of likely N-dealkylation sites (N-methyl/N-ethyl adjacent to an activating group) is 1. The van der Waals surface area contributed by atoms with Crippen molar-refractivity contribution in [3.8, 4) is 0 Å². The zero-order valence-corrected chi connectivity index (χ0v) is 16.8. The molecule has 0 radical (unpaired) electrons. The Bertz CT molecular complexity index is 1010. The topological polar surface area (TPSA) is 95.2 Å². The van der Waals surface area contributed by atoms with Gasteiger partial charge in [-0.3, -0.25) is 14.4 Å². The van der Waals surface area contributed by atoms with Crippen LogP contribution in [0, 0.1) is 5.92 Å². The lowest BCUT2D eigenvalue weighted by Crippen LogP contribution is -2.50. The molecule has 0 aliphatic rings. The first-order valence-corrected chi connectivity index (χ1v) is 10.2. The molecule has 0 spiro atoms. The lowest BCUT2D eigenvalue weighted by Gasteiger charge is -2.26. The monoisotopic (exact) mass is 404 g/mol. The van der Waals surface area contributed by atoms with Gasteiger partial charge in [-0.1, -0.05) is 19.9 Å². The summed E-state index contributed by atoms with van der Waals surface area (Å²) in [6, 6.07) is 4.62. The first kappa shape index (κ1) is 19.2. The number of amides is 2. The number of rotatable bonds is 6. The lowest BCUT2D eigenvalue weighted by atomic mass is 10.0. The fourth-order valence-corrected chi connectivity index (χ4v) is 4.02. The van der Waals surface area contributed by atoms with Crippen molar-refractivity contribution in [2.45, 2.75) is 26.4 Å². The summed E-state index contributed by atoms with van der Waals surface area (Å²) < 4.78 is 0.566. The van der Waals surface area contributed by atoms with Gasteiger partial charge < -0.3 is 15.2 Å². The molecule has 27 heavy (non-hydrogen) atoms. The van der Waals surface area contributed by atoms with Crippen LogP contribution in [-0.4, -0.2) is 39.8 Å². The van der Waals surface area contributed by atoms with E-state index in [2.05, 4.69) is 15.3 Å². The molecule has 3 rings (SSSR count). The third-order valence-corrected chi connectivity index (χ3v) is 5.86. The molecule has 3 aromatic rings. The minimum atomic E-state index is -0.666. The molecule has 1 unspecified atom stereocenters. The molecule has 0 saturated carbocycles. The molecule has 3 heterocycles. The molecule has 1 atom stereocenters. The second-order valence-corrected chi connectivity index (χ2v) is 8.38. The Morgan fingerprint density at radius 1 is 1.26 bits per heavy atom. The van der Waals surface area contributed by atoms with Crippen molar-refractivity contribution in [2.24, 2.45) is 5.92 Å². The number of fused-ring (bicyclic) bond motifs is 1. The van der Waals surface area contributed by atoms with Crippen molar-refractivity contribution in [2.75, 3.05) is 7.05 Å². The van der Waals surface area contributed by atoms with Crippen molar-refractivity contribution in [1.29, 1.82) is 0 Å². The number of nitrogens with one attached hydrogen (secondary N) is 2. The van der Waals surface area contributed by atoms with E-state index in [1.54, 1.807) is 30.6 Å². The predicted molar refractivity (Wildman–Crippen MR) is 107 cm³/mol. The third-order valence-electron chi connectivity index (χ3n) is 4.09. The van der Waals surface area contributed by atoms with E-state index in [1.165, 1.54) is 27.6 Å². The average Bonchev–Trinajstić information content (AvgIpc) is 3.30. The summed E-state index contributed by atoms with van der Waals surface area (Å²) in [6.45, 7) is 3.91. The molecule has 142 valence electrons. The van der Waals surface area contributed by atoms with Crippen LogP contribution in [0.2, 0.25) is 0 Å². The fraction of sp³-hybridized carbons (Fsp3) is 0.333. The van der Waals surface area contributed by atoms with Gasteiger partial charge in [-0.2, -0.15) is 0 Å². The number of thiophene rings is 2. The maximum atomic E-state index is 12.9. The Hall–Kier alpha value is -2.52. The molecule has 0 fully saturated rings. The Kier molecular flexibility index (Phi) is 5.71. The van der Waals surface area contributed by atoms with Gasteiger partial charge in [0, 0.05) is 7.05 Å². The minimum absolute atomic E-state index is 0.0878. The SMILES string of the molecule is CC(C)C(NC(=O)c1cccs1)C(=O)N(C)Cc1nc2ccsc2c(=O)[nH]1. The number of nitrogens with zero attached hydrogens (tertiary/aromatic N) is 2. The van der Waals surface area contributed by atoms with Crippen molar-refractivity contribution in [3.05, 3.63) is 50.0 Å². The number of hydrogen-bond donors (Lipinski definition) is 2. The van der Waals surface area contributed by atoms with Gasteiger partial charge in [0.05, 0.1) is 16.9 Å². The summed E-state index contributed by atoms with van der Waals surface area (Å²) in [4.78, 5) is 46.5. The van der Waals surface area contributed by atoms with Crippen LogP contribution in [0.4, 0.5) is 0 Å². The van der Waals surface area contributed by atoms with E-state index in [4.69, 9.17) is 0 Å². The molecule has 0 aliphatic carbocycles. The van der Waals surface area contributed by atoms with Gasteiger partial charge in [0.15, 0.2) is 0 Å². The van der Waals surface area contributed by atoms with Crippen LogP contribution in [0.15, 0.2) is 33.8 Å². The second kappa shape index (κ2) is 8.01. The number of aromatic nitrogens is 2. The first-order valence-electron chi connectivity index (χ1n) is 8.42. The predicted octanol–water partition coefficient (Wildman–Crippen LogP) is 2.46. The van der Waals surface area contributed by atoms with Gasteiger partial charge in [-0.15, -0.1) is 22.7 Å². The molecule has 0 aliphatic heterocycles. The first-order chi connectivity index (χ1) is 12.9. The summed E-state index contributed by atoms with van der Waals surface area (Å²) in [5.41, 5.74) is 0.406. The molecule has 3 aromatic heterocycles. The second-order valence-electron chi connectivity index (χ2n) is 6.51. The van der Waals surface area contributed by atoms with E-state index in [0.717, 1.165) is 0 Å². The molecular weight excluding hydrogens is 384 g/mol. The van der Waals surface area contributed by atoms with E-state index in [1.807, 2.05) is 19.2 Å². The van der Waals surface area contributed by atoms with Gasteiger partial charge in [0.1, 0.15) is 16.6 Å². The Morgan fingerprint density at radius 2 is 2.04 bits per heavy atom. The summed E-state index contributed by atoms with van der Waals surface area (Å²) in [7, 11) is 1.63. The smallest absolute Gasteiger partial charge is 0.268 e. The van der Waals surface area contributed by atoms with E-state index in [0.29, 0.717) is 20.9 Å². The van der Waals surface area contributed by atoms with Crippen LogP contribution < -0.4 is 10.9 Å². The quantitative estimate of drug-likeness (QED) is 0.660. The molecule has 0 aromatic carbocycles. The Morgan fingerprint density at radius 3 is 2.70 bits per heavy atom. The van der Waals surface area contributed by atoms with Gasteiger partial charge >= 0.3 is 0 Å². The van der Waals surface area contributed by atoms with Crippen LogP contribution in [0.3, 0.4) is 0 Å². The molecule has 0 saturated heterocycles. The number of aromatic amines is 1. The van der Waals surface area contributed by atoms with Crippen LogP contribution >= 0.6 is 22.7 Å². The van der Waals surface area contributed by atoms with E-state index in [9.17, 15) is 14.4 Å². The van der Waals surface area contributed by atoms with Gasteiger partial charge in [-0.25, -0.2) is 4.98 Å². The van der Waals surface area contributed by atoms with Crippen LogP contribution in [0.1, 0.15) is 29.3 Å². The minimum Gasteiger partial charge on any atom is -0.339 e. The Balaban J connectivity index is 1.74. The summed E-state index contributed by atoms with van der Waals surface area (Å²) in [5.74, 6) is -0.177. The average molecular weight is 405 g/mol. The summed E-state index contributed by atoms with van der Waals surface area (Å²) in [5, 5.41) is 6.43. The number of hydrogen-bond acceptors (Lipinski definition) is 6. The van der Waals surface area contributed by atoms with Crippen LogP contribution in [0.5, 0.6) is 0 Å². The number of carbonyl (C=O) groups excluding carboxylic acids is 2. The molecule has 7 nitrogen and oxygen atoms in total. The van der Waals surface area contributed by atoms with Gasteiger partial charge in [0.25, 0.3) is 11.5 Å². The highest BCUT2D eigenvalue weighted by atomic mass is 32.1. The summed E-state index contributed by atoms with van der Waals surface area (Å²) in [6.07, 6.45) is 0. The Labute approximate surface area is 164 Å². The molecule has 2 N–H and O–H groups in total. The van der Waals surface area contributed by atoms with E-state index < -0.39 is 6.04 Å². The molecular formula is C18H20N4O3S2. The standard InChI is InChI=1S/C18H20N4O3S2/c1-10(2)14(21-16(23)12-5-4-7-26-12)18(25)22(3)9-13-19-11-6-8-27-15(11)17(24)20-13/h4-8,10,14H,9H2,1-3H3,(H,21,23)(H,19,20,24). The molecule has 9 heteroatoms. The van der Waals surface area contributed by atoms with Crippen LogP contribution in [-0.2, 0) is 11.3 Å². The van der Waals surface area contributed by atoms with E-state index >= 15 is 0 Å². The van der Waals surface area contributed by atoms with Crippen molar-refractivity contribution in [3.63, 3.8) is 0 Å². The molecule has 2 amide bonds. The van der Waals surface area contributed by atoms with Crippen molar-refractivity contribution in [1.82, 2.24) is 20.2 Å². The highest BCUT2D eigenvalue weighted by Crippen LogP contribution is 2.15. The highest BCUT2D eigenvalue weighted by Gasteiger charge is 2.28. The van der Waals surface area contributed by atoms with Crippen LogP contribution in [0.25, 0.3) is 10.2 Å². The zero-order valence-electron chi connectivity index (χ0n) is 15.2. The number of H-pyrrole nitrogens is 1. The number of carbonyl (C=O) groups is 2. The zero-order chi connectivity index (χ0) is 19.6. The maximum absolute atomic E-state index is 12.9.